The Morgan fingerprint density at radius 3 is 2.69 bits per heavy atom. The van der Waals surface area contributed by atoms with Crippen LogP contribution in [0.25, 0.3) is 0 Å². The predicted molar refractivity (Wildman–Crippen MR) is 50.6 cm³/mol. The Bertz CT molecular complexity index is 317. The Hall–Kier alpha value is -1.32. The SMILES string of the molecule is CCN(C)C(=O)c1cn(C)nc1C. The van der Waals surface area contributed by atoms with Crippen LogP contribution in [0.4, 0.5) is 0 Å². The molecule has 1 amide bonds. The first-order chi connectivity index (χ1) is 6.06. The summed E-state index contributed by atoms with van der Waals surface area (Å²) in [5.41, 5.74) is 1.47. The van der Waals surface area contributed by atoms with Crippen LogP contribution in [0, 0.1) is 6.92 Å². The molecule has 72 valence electrons. The van der Waals surface area contributed by atoms with Crippen LogP contribution >= 0.6 is 0 Å². The fraction of sp³-hybridized carbons (Fsp3) is 0.556. The molecule has 0 fully saturated rings. The second kappa shape index (κ2) is 3.60. The van der Waals surface area contributed by atoms with Gasteiger partial charge in [0, 0.05) is 26.8 Å². The smallest absolute Gasteiger partial charge is 0.257 e. The molecular formula is C9H15N3O. The molecule has 1 aromatic heterocycles. The van der Waals surface area contributed by atoms with Crippen molar-refractivity contribution in [3.63, 3.8) is 0 Å². The summed E-state index contributed by atoms with van der Waals surface area (Å²) in [6, 6.07) is 0. The number of rotatable bonds is 2. The van der Waals surface area contributed by atoms with Gasteiger partial charge in [-0.15, -0.1) is 0 Å². The molecule has 4 nitrogen and oxygen atoms in total. The van der Waals surface area contributed by atoms with E-state index in [2.05, 4.69) is 5.10 Å². The van der Waals surface area contributed by atoms with Gasteiger partial charge in [0.2, 0.25) is 0 Å². The summed E-state index contributed by atoms with van der Waals surface area (Å²) in [6.07, 6.45) is 1.75. The van der Waals surface area contributed by atoms with E-state index in [0.717, 1.165) is 5.69 Å². The molecule has 0 spiro atoms. The minimum absolute atomic E-state index is 0.0353. The highest BCUT2D eigenvalue weighted by Gasteiger charge is 2.14. The van der Waals surface area contributed by atoms with E-state index in [9.17, 15) is 4.79 Å². The van der Waals surface area contributed by atoms with E-state index < -0.39 is 0 Å². The van der Waals surface area contributed by atoms with Gasteiger partial charge in [-0.25, -0.2) is 0 Å². The average molecular weight is 181 g/mol. The second-order valence-electron chi connectivity index (χ2n) is 3.12. The average Bonchev–Trinajstić information content (AvgIpc) is 2.42. The van der Waals surface area contributed by atoms with E-state index in [1.807, 2.05) is 20.9 Å². The molecule has 0 saturated heterocycles. The van der Waals surface area contributed by atoms with Gasteiger partial charge in [-0.3, -0.25) is 9.48 Å². The molecule has 0 N–H and O–H groups in total. The molecule has 13 heavy (non-hydrogen) atoms. The summed E-state index contributed by atoms with van der Waals surface area (Å²) < 4.78 is 1.66. The third-order valence-electron chi connectivity index (χ3n) is 2.06. The van der Waals surface area contributed by atoms with Crippen molar-refractivity contribution in [2.24, 2.45) is 7.05 Å². The number of hydrogen-bond acceptors (Lipinski definition) is 2. The minimum atomic E-state index is 0.0353. The first-order valence-electron chi connectivity index (χ1n) is 4.32. The topological polar surface area (TPSA) is 38.1 Å². The summed E-state index contributed by atoms with van der Waals surface area (Å²) in [5, 5.41) is 4.12. The summed E-state index contributed by atoms with van der Waals surface area (Å²) in [5.74, 6) is 0.0353. The van der Waals surface area contributed by atoms with E-state index in [1.54, 1.807) is 22.8 Å². The van der Waals surface area contributed by atoms with Crippen molar-refractivity contribution in [3.8, 4) is 0 Å². The molecule has 0 aliphatic heterocycles. The standard InChI is InChI=1S/C9H15N3O/c1-5-11(3)9(13)8-6-12(4)10-7(8)2/h6H,5H2,1-4H3. The molecule has 0 radical (unpaired) electrons. The van der Waals surface area contributed by atoms with E-state index in [0.29, 0.717) is 12.1 Å². The lowest BCUT2D eigenvalue weighted by atomic mass is 10.2. The van der Waals surface area contributed by atoms with Crippen molar-refractivity contribution in [1.82, 2.24) is 14.7 Å². The molecule has 0 aromatic carbocycles. The lowest BCUT2D eigenvalue weighted by molar-refractivity contribution is 0.0801. The van der Waals surface area contributed by atoms with Crippen molar-refractivity contribution in [2.45, 2.75) is 13.8 Å². The quantitative estimate of drug-likeness (QED) is 0.677. The summed E-state index contributed by atoms with van der Waals surface area (Å²) >= 11 is 0. The molecule has 0 bridgehead atoms. The highest BCUT2D eigenvalue weighted by Crippen LogP contribution is 2.07. The first-order valence-corrected chi connectivity index (χ1v) is 4.32. The number of carbonyl (C=O) groups is 1. The number of hydrogen-bond donors (Lipinski definition) is 0. The molecule has 4 heteroatoms. The van der Waals surface area contributed by atoms with E-state index in [4.69, 9.17) is 0 Å². The number of aryl methyl sites for hydroxylation is 2. The van der Waals surface area contributed by atoms with Gasteiger partial charge in [0.25, 0.3) is 5.91 Å². The van der Waals surface area contributed by atoms with Crippen LogP contribution < -0.4 is 0 Å². The van der Waals surface area contributed by atoms with Gasteiger partial charge in [-0.2, -0.15) is 5.10 Å². The zero-order valence-corrected chi connectivity index (χ0v) is 8.53. The Balaban J connectivity index is 2.94. The van der Waals surface area contributed by atoms with Gasteiger partial charge >= 0.3 is 0 Å². The van der Waals surface area contributed by atoms with Crippen LogP contribution in [0.5, 0.6) is 0 Å². The molecule has 0 saturated carbocycles. The molecule has 0 aliphatic carbocycles. The maximum Gasteiger partial charge on any atom is 0.257 e. The van der Waals surface area contributed by atoms with Crippen molar-refractivity contribution in [3.05, 3.63) is 17.5 Å². The Kier molecular flexibility index (Phi) is 2.70. The molecule has 0 atom stereocenters. The molecular weight excluding hydrogens is 166 g/mol. The van der Waals surface area contributed by atoms with Crippen LogP contribution in [-0.4, -0.2) is 34.2 Å². The fourth-order valence-corrected chi connectivity index (χ4v) is 1.16. The summed E-state index contributed by atoms with van der Waals surface area (Å²) in [6.45, 7) is 4.51. The second-order valence-corrected chi connectivity index (χ2v) is 3.12. The van der Waals surface area contributed by atoms with Gasteiger partial charge in [0.05, 0.1) is 11.3 Å². The maximum atomic E-state index is 11.7. The molecule has 1 aromatic rings. The highest BCUT2D eigenvalue weighted by atomic mass is 16.2. The molecule has 0 unspecified atom stereocenters. The van der Waals surface area contributed by atoms with Crippen molar-refractivity contribution in [1.29, 1.82) is 0 Å². The highest BCUT2D eigenvalue weighted by molar-refractivity contribution is 5.94. The van der Waals surface area contributed by atoms with Crippen LogP contribution in [0.15, 0.2) is 6.20 Å². The minimum Gasteiger partial charge on any atom is -0.342 e. The molecule has 1 rings (SSSR count). The number of aromatic nitrogens is 2. The molecule has 1 heterocycles. The third-order valence-corrected chi connectivity index (χ3v) is 2.06. The number of carbonyl (C=O) groups excluding carboxylic acids is 1. The van der Waals surface area contributed by atoms with Gasteiger partial charge in [-0.1, -0.05) is 0 Å². The summed E-state index contributed by atoms with van der Waals surface area (Å²) in [7, 11) is 3.60. The van der Waals surface area contributed by atoms with Gasteiger partial charge in [-0.05, 0) is 13.8 Å². The van der Waals surface area contributed by atoms with Gasteiger partial charge < -0.3 is 4.90 Å². The van der Waals surface area contributed by atoms with E-state index in [1.165, 1.54) is 0 Å². The zero-order chi connectivity index (χ0) is 10.0. The van der Waals surface area contributed by atoms with Crippen LogP contribution in [0.2, 0.25) is 0 Å². The number of nitrogens with zero attached hydrogens (tertiary/aromatic N) is 3. The van der Waals surface area contributed by atoms with Crippen molar-refractivity contribution in [2.75, 3.05) is 13.6 Å². The Morgan fingerprint density at radius 2 is 2.31 bits per heavy atom. The van der Waals surface area contributed by atoms with Gasteiger partial charge in [0.1, 0.15) is 0 Å². The van der Waals surface area contributed by atoms with Crippen LogP contribution in [-0.2, 0) is 7.05 Å². The molecule has 0 aliphatic rings. The third kappa shape index (κ3) is 1.88. The lowest BCUT2D eigenvalue weighted by Crippen LogP contribution is -2.26. The predicted octanol–water partition coefficient (Wildman–Crippen LogP) is 0.820. The van der Waals surface area contributed by atoms with Crippen LogP contribution in [0.3, 0.4) is 0 Å². The first kappa shape index (κ1) is 9.77. The largest absolute Gasteiger partial charge is 0.342 e. The van der Waals surface area contributed by atoms with Gasteiger partial charge in [0.15, 0.2) is 0 Å². The Morgan fingerprint density at radius 1 is 1.69 bits per heavy atom. The van der Waals surface area contributed by atoms with Crippen molar-refractivity contribution >= 4 is 5.91 Å². The monoisotopic (exact) mass is 181 g/mol. The number of amides is 1. The summed E-state index contributed by atoms with van der Waals surface area (Å²) in [4.78, 5) is 13.4. The van der Waals surface area contributed by atoms with E-state index in [-0.39, 0.29) is 5.91 Å². The fourth-order valence-electron chi connectivity index (χ4n) is 1.16. The maximum absolute atomic E-state index is 11.7. The Labute approximate surface area is 78.1 Å². The lowest BCUT2D eigenvalue weighted by Gasteiger charge is -2.13. The van der Waals surface area contributed by atoms with Crippen LogP contribution in [0.1, 0.15) is 23.0 Å². The van der Waals surface area contributed by atoms with Crippen molar-refractivity contribution < 1.29 is 4.79 Å². The zero-order valence-electron chi connectivity index (χ0n) is 8.53. The van der Waals surface area contributed by atoms with E-state index >= 15 is 0 Å². The normalized spacial score (nSPS) is 10.2.